The number of hydrogen-bond acceptors (Lipinski definition) is 6. The maximum Gasteiger partial charge on any atom is 0.238 e. The van der Waals surface area contributed by atoms with Gasteiger partial charge in [-0.05, 0) is 86.3 Å². The second-order valence-corrected chi connectivity index (χ2v) is 14.0. The molecule has 4 aliphatic rings. The van der Waals surface area contributed by atoms with Crippen molar-refractivity contribution in [1.82, 2.24) is 15.6 Å². The summed E-state index contributed by atoms with van der Waals surface area (Å²) in [4.78, 5) is 18.6. The van der Waals surface area contributed by atoms with Crippen LogP contribution in [0.3, 0.4) is 0 Å². The molecule has 2 aromatic rings. The minimum absolute atomic E-state index is 0.0227. The average molecular weight is 588 g/mol. The number of benzene rings is 1. The highest BCUT2D eigenvalue weighted by Crippen LogP contribution is 2.63. The Morgan fingerprint density at radius 3 is 2.60 bits per heavy atom. The van der Waals surface area contributed by atoms with Crippen molar-refractivity contribution in [3.8, 4) is 0 Å². The molecule has 3 fully saturated rings. The summed E-state index contributed by atoms with van der Waals surface area (Å²) in [5, 5.41) is 22.0. The summed E-state index contributed by atoms with van der Waals surface area (Å²) in [5.41, 5.74) is 2.81. The minimum atomic E-state index is -0.521. The predicted octanol–water partition coefficient (Wildman–Crippen LogP) is 5.19. The van der Waals surface area contributed by atoms with Crippen molar-refractivity contribution < 1.29 is 14.6 Å². The van der Waals surface area contributed by atoms with Crippen LogP contribution < -0.4 is 16.0 Å². The van der Waals surface area contributed by atoms with Crippen molar-refractivity contribution >= 4 is 34.8 Å². The monoisotopic (exact) mass is 586 g/mol. The van der Waals surface area contributed by atoms with Crippen LogP contribution in [0.2, 0.25) is 10.2 Å². The van der Waals surface area contributed by atoms with E-state index in [-0.39, 0.29) is 34.9 Å². The molecule has 1 unspecified atom stereocenters. The number of pyridine rings is 1. The normalized spacial score (nSPS) is 33.0. The van der Waals surface area contributed by atoms with Gasteiger partial charge in [0.1, 0.15) is 5.15 Å². The zero-order valence-corrected chi connectivity index (χ0v) is 25.0. The number of ether oxygens (including phenoxy) is 1. The lowest BCUT2D eigenvalue weighted by atomic mass is 9.54. The van der Waals surface area contributed by atoms with E-state index in [2.05, 4.69) is 40.8 Å². The average Bonchev–Trinajstić information content (AvgIpc) is 3.43. The lowest BCUT2D eigenvalue weighted by Gasteiger charge is -2.51. The van der Waals surface area contributed by atoms with Crippen LogP contribution in [-0.2, 0) is 14.9 Å². The molecule has 1 saturated carbocycles. The highest BCUT2D eigenvalue weighted by molar-refractivity contribution is 6.31. The molecule has 6 atom stereocenters. The molecule has 1 aromatic carbocycles. The zero-order valence-electron chi connectivity index (χ0n) is 23.5. The Balaban J connectivity index is 1.42. The first-order valence-corrected chi connectivity index (χ1v) is 15.3. The van der Waals surface area contributed by atoms with E-state index < -0.39 is 17.6 Å². The number of carbonyl (C=O) groups is 1. The molecular weight excluding hydrogens is 547 g/mol. The number of aliphatic hydroxyl groups is 1. The fourth-order valence-corrected chi connectivity index (χ4v) is 8.34. The van der Waals surface area contributed by atoms with Gasteiger partial charge in [0.25, 0.3) is 0 Å². The van der Waals surface area contributed by atoms with Gasteiger partial charge in [-0.15, -0.1) is 0 Å². The highest BCUT2D eigenvalue weighted by Gasteiger charge is 2.68. The summed E-state index contributed by atoms with van der Waals surface area (Å²) in [6.07, 6.45) is 6.59. The molecule has 6 rings (SSSR count). The molecule has 2 spiro atoms. The molecule has 216 valence electrons. The first kappa shape index (κ1) is 28.2. The fraction of sp³-hybridized carbons (Fsp3) is 0.613. The third-order valence-corrected chi connectivity index (χ3v) is 10.7. The summed E-state index contributed by atoms with van der Waals surface area (Å²) < 4.78 is 5.89. The van der Waals surface area contributed by atoms with Crippen LogP contribution in [0.1, 0.15) is 76.3 Å². The molecule has 1 aliphatic carbocycles. The number of rotatable bonds is 4. The number of fused-ring (bicyclic) bond motifs is 3. The van der Waals surface area contributed by atoms with Gasteiger partial charge in [-0.25, -0.2) is 4.98 Å². The summed E-state index contributed by atoms with van der Waals surface area (Å²) in [7, 11) is 0. The van der Waals surface area contributed by atoms with Crippen LogP contribution in [0, 0.1) is 5.41 Å². The number of halogens is 2. The number of carbonyl (C=O) groups excluding carboxylic acids is 1. The lowest BCUT2D eigenvalue weighted by Crippen LogP contribution is -2.60. The molecule has 1 aromatic heterocycles. The highest BCUT2D eigenvalue weighted by atomic mass is 35.5. The summed E-state index contributed by atoms with van der Waals surface area (Å²) in [6.45, 7) is 7.54. The van der Waals surface area contributed by atoms with Crippen molar-refractivity contribution in [2.75, 3.05) is 18.5 Å². The first-order valence-electron chi connectivity index (χ1n) is 14.6. The molecule has 2 saturated heterocycles. The number of nitrogens with zero attached hydrogens (tertiary/aromatic N) is 1. The maximum atomic E-state index is 14.3. The Hall–Kier alpha value is -1.90. The smallest absolute Gasteiger partial charge is 0.238 e. The molecule has 0 radical (unpaired) electrons. The number of hydrogen-bond donors (Lipinski definition) is 4. The van der Waals surface area contributed by atoms with Crippen molar-refractivity contribution in [3.05, 3.63) is 57.8 Å². The summed E-state index contributed by atoms with van der Waals surface area (Å²) in [5.74, 6) is -0.204. The quantitative estimate of drug-likeness (QED) is 0.368. The number of aliphatic hydroxyl groups excluding tert-OH is 1. The van der Waals surface area contributed by atoms with Gasteiger partial charge >= 0.3 is 0 Å². The Bertz CT molecular complexity index is 1270. The van der Waals surface area contributed by atoms with E-state index in [1.54, 1.807) is 13.1 Å². The van der Waals surface area contributed by atoms with Crippen LogP contribution in [-0.4, -0.2) is 59.0 Å². The number of anilines is 1. The van der Waals surface area contributed by atoms with Gasteiger partial charge in [0, 0.05) is 40.3 Å². The molecule has 4 heterocycles. The topological polar surface area (TPSA) is 95.5 Å². The van der Waals surface area contributed by atoms with Gasteiger partial charge in [0.05, 0.1) is 30.9 Å². The third kappa shape index (κ3) is 4.72. The van der Waals surface area contributed by atoms with Crippen molar-refractivity contribution in [2.24, 2.45) is 5.41 Å². The molecular formula is C31H40Cl2N4O3. The Kier molecular flexibility index (Phi) is 7.36. The number of nitrogens with one attached hydrogen (secondary N) is 3. The van der Waals surface area contributed by atoms with Gasteiger partial charge < -0.3 is 20.5 Å². The third-order valence-electron chi connectivity index (χ3n) is 10.2. The Labute approximate surface area is 246 Å². The van der Waals surface area contributed by atoms with E-state index in [4.69, 9.17) is 27.9 Å². The van der Waals surface area contributed by atoms with Gasteiger partial charge in [0.2, 0.25) is 5.91 Å². The van der Waals surface area contributed by atoms with Crippen molar-refractivity contribution in [3.63, 3.8) is 0 Å². The van der Waals surface area contributed by atoms with E-state index >= 15 is 0 Å². The van der Waals surface area contributed by atoms with Gasteiger partial charge in [-0.2, -0.15) is 0 Å². The van der Waals surface area contributed by atoms with E-state index in [1.165, 1.54) is 5.56 Å². The van der Waals surface area contributed by atoms with E-state index in [0.29, 0.717) is 29.7 Å². The molecule has 7 nitrogen and oxygen atoms in total. The molecule has 9 heteroatoms. The van der Waals surface area contributed by atoms with Crippen LogP contribution in [0.4, 0.5) is 5.69 Å². The molecule has 40 heavy (non-hydrogen) atoms. The second-order valence-electron chi connectivity index (χ2n) is 13.2. The number of aromatic nitrogens is 1. The van der Waals surface area contributed by atoms with Gasteiger partial charge in [-0.1, -0.05) is 43.1 Å². The standard InChI is InChI=1S/C31H40Cl2N4O3/c1-18(38)24-7-5-21(16-40-24)36-28(39)27-26(19-8-13-34-25(33)14-19)31(17-35-23-15-20(32)4-6-22(23)31)30(37-27)11-9-29(2,3)10-12-30/h4,6,8,13-15,18,21,24,26-27,35,37-38H,5,7,9-12,16-17H2,1-3H3,(H,36,39)/t18?,21-,24+,26+,27-,31-/m1/s1. The Morgan fingerprint density at radius 1 is 1.15 bits per heavy atom. The molecule has 0 bridgehead atoms. The van der Waals surface area contributed by atoms with E-state index in [1.807, 2.05) is 24.3 Å². The van der Waals surface area contributed by atoms with Crippen LogP contribution in [0.25, 0.3) is 0 Å². The van der Waals surface area contributed by atoms with Crippen molar-refractivity contribution in [2.45, 2.75) is 100 Å². The Morgan fingerprint density at radius 2 is 1.93 bits per heavy atom. The molecule has 1 amide bonds. The van der Waals surface area contributed by atoms with E-state index in [9.17, 15) is 9.90 Å². The SMILES string of the molecule is CC(O)[C@@H]1CC[C@@H](NC(=O)[C@@H]2NC3(CCC(C)(C)CC3)[C@@]3(CNc4cc(Cl)ccc43)[C@H]2c2ccnc(Cl)c2)CO1. The second kappa shape index (κ2) is 10.4. The largest absolute Gasteiger partial charge is 0.391 e. The van der Waals surface area contributed by atoms with E-state index in [0.717, 1.165) is 43.4 Å². The van der Waals surface area contributed by atoms with Gasteiger partial charge in [0.15, 0.2) is 0 Å². The van der Waals surface area contributed by atoms with Crippen LogP contribution in [0.15, 0.2) is 36.5 Å². The maximum absolute atomic E-state index is 14.3. The first-order chi connectivity index (χ1) is 19.0. The predicted molar refractivity (Wildman–Crippen MR) is 158 cm³/mol. The van der Waals surface area contributed by atoms with Gasteiger partial charge in [-0.3, -0.25) is 10.1 Å². The number of amides is 1. The van der Waals surface area contributed by atoms with Crippen LogP contribution >= 0.6 is 23.2 Å². The summed E-state index contributed by atoms with van der Waals surface area (Å²) >= 11 is 12.9. The fourth-order valence-electron chi connectivity index (χ4n) is 7.98. The molecule has 4 N–H and O–H groups in total. The minimum Gasteiger partial charge on any atom is -0.391 e. The summed E-state index contributed by atoms with van der Waals surface area (Å²) in [6, 6.07) is 9.49. The zero-order chi connectivity index (χ0) is 28.3. The van der Waals surface area contributed by atoms with Crippen LogP contribution in [0.5, 0.6) is 0 Å². The molecule has 3 aliphatic heterocycles. The van der Waals surface area contributed by atoms with Crippen molar-refractivity contribution in [1.29, 1.82) is 0 Å². The lowest BCUT2D eigenvalue weighted by molar-refractivity contribution is -0.126.